The molecule has 1 aliphatic carbocycles. The Labute approximate surface area is 115 Å². The quantitative estimate of drug-likeness (QED) is 0.849. The van der Waals surface area contributed by atoms with Crippen molar-refractivity contribution in [2.75, 3.05) is 18.8 Å². The summed E-state index contributed by atoms with van der Waals surface area (Å²) in [6.45, 7) is 2.45. The van der Waals surface area contributed by atoms with Gasteiger partial charge in [0.05, 0.1) is 6.10 Å². The zero-order valence-electron chi connectivity index (χ0n) is 11.6. The first-order valence-corrected chi connectivity index (χ1v) is 7.57. The fourth-order valence-electron chi connectivity index (χ4n) is 3.06. The van der Waals surface area contributed by atoms with E-state index in [1.54, 1.807) is 0 Å². The Balaban J connectivity index is 1.53. The molecule has 104 valence electrons. The van der Waals surface area contributed by atoms with Crippen LogP contribution < -0.4 is 10.5 Å². The fourth-order valence-corrected chi connectivity index (χ4v) is 3.06. The van der Waals surface area contributed by atoms with Crippen LogP contribution in [-0.2, 0) is 0 Å². The molecule has 3 nitrogen and oxygen atoms in total. The number of benzene rings is 1. The molecule has 1 atom stereocenters. The van der Waals surface area contributed by atoms with Gasteiger partial charge in [0.2, 0.25) is 0 Å². The highest BCUT2D eigenvalue weighted by Crippen LogP contribution is 2.28. The third-order valence-corrected chi connectivity index (χ3v) is 4.48. The predicted octanol–water partition coefficient (Wildman–Crippen LogP) is 3.05. The molecule has 3 heteroatoms. The molecule has 1 heterocycles. The topological polar surface area (TPSA) is 38.5 Å². The van der Waals surface area contributed by atoms with Gasteiger partial charge < -0.3 is 15.4 Å². The smallest absolute Gasteiger partial charge is 0.119 e. The summed E-state index contributed by atoms with van der Waals surface area (Å²) in [5, 5.41) is 0. The minimum Gasteiger partial charge on any atom is -0.490 e. The molecule has 0 radical (unpaired) electrons. The van der Waals surface area contributed by atoms with E-state index in [0.717, 1.165) is 23.9 Å². The zero-order valence-corrected chi connectivity index (χ0v) is 11.6. The Morgan fingerprint density at radius 1 is 0.947 bits per heavy atom. The highest BCUT2D eigenvalue weighted by atomic mass is 16.5. The number of hydrogen-bond acceptors (Lipinski definition) is 3. The van der Waals surface area contributed by atoms with E-state index in [0.29, 0.717) is 6.10 Å². The molecule has 1 aliphatic heterocycles. The summed E-state index contributed by atoms with van der Waals surface area (Å²) in [6, 6.07) is 8.64. The van der Waals surface area contributed by atoms with Crippen LogP contribution in [0.15, 0.2) is 24.3 Å². The van der Waals surface area contributed by atoms with Crippen LogP contribution in [0.4, 0.5) is 5.69 Å². The number of nitrogens with two attached hydrogens (primary N) is 1. The van der Waals surface area contributed by atoms with E-state index in [-0.39, 0.29) is 0 Å². The molecule has 1 saturated heterocycles. The van der Waals surface area contributed by atoms with Crippen LogP contribution in [0.2, 0.25) is 0 Å². The third kappa shape index (κ3) is 3.21. The lowest BCUT2D eigenvalue weighted by Gasteiger charge is -2.36. The van der Waals surface area contributed by atoms with Gasteiger partial charge in [-0.1, -0.05) is 6.42 Å². The summed E-state index contributed by atoms with van der Waals surface area (Å²) in [4.78, 5) is 2.68. The molecule has 0 spiro atoms. The molecule has 2 fully saturated rings. The van der Waals surface area contributed by atoms with E-state index < -0.39 is 0 Å². The highest BCUT2D eigenvalue weighted by molar-refractivity contribution is 5.41. The minimum atomic E-state index is 0.369. The van der Waals surface area contributed by atoms with E-state index >= 15 is 0 Å². The second-order valence-corrected chi connectivity index (χ2v) is 5.86. The van der Waals surface area contributed by atoms with Gasteiger partial charge in [0.25, 0.3) is 0 Å². The lowest BCUT2D eigenvalue weighted by atomic mass is 9.91. The molecule has 3 rings (SSSR count). The Morgan fingerprint density at radius 2 is 1.74 bits per heavy atom. The Hall–Kier alpha value is -1.22. The largest absolute Gasteiger partial charge is 0.490 e. The Morgan fingerprint density at radius 3 is 2.42 bits per heavy atom. The van der Waals surface area contributed by atoms with Gasteiger partial charge in [-0.2, -0.15) is 0 Å². The van der Waals surface area contributed by atoms with E-state index in [9.17, 15) is 0 Å². The average molecular weight is 260 g/mol. The number of hydrogen-bond donors (Lipinski definition) is 1. The second kappa shape index (κ2) is 5.83. The molecule has 19 heavy (non-hydrogen) atoms. The van der Waals surface area contributed by atoms with Gasteiger partial charge in [0.15, 0.2) is 0 Å². The minimum absolute atomic E-state index is 0.369. The molecule has 1 unspecified atom stereocenters. The Kier molecular flexibility index (Phi) is 3.92. The van der Waals surface area contributed by atoms with Crippen molar-refractivity contribution in [2.45, 2.75) is 50.7 Å². The van der Waals surface area contributed by atoms with Gasteiger partial charge in [-0.15, -0.1) is 0 Å². The van der Waals surface area contributed by atoms with E-state index in [1.807, 2.05) is 24.3 Å². The van der Waals surface area contributed by atoms with Crippen LogP contribution in [0.1, 0.15) is 38.5 Å². The molecule has 2 aliphatic rings. The summed E-state index contributed by atoms with van der Waals surface area (Å²) in [7, 11) is 0. The molecule has 1 aromatic carbocycles. The number of anilines is 1. The zero-order chi connectivity index (χ0) is 13.1. The monoisotopic (exact) mass is 260 g/mol. The summed E-state index contributed by atoms with van der Waals surface area (Å²) in [6.07, 6.45) is 8.19. The van der Waals surface area contributed by atoms with Gasteiger partial charge in [0, 0.05) is 18.3 Å². The van der Waals surface area contributed by atoms with Crippen molar-refractivity contribution < 1.29 is 4.74 Å². The lowest BCUT2D eigenvalue weighted by Crippen LogP contribution is -2.40. The fraction of sp³-hybridized carbons (Fsp3) is 0.625. The average Bonchev–Trinajstić information content (AvgIpc) is 2.56. The third-order valence-electron chi connectivity index (χ3n) is 4.48. The molecule has 0 aromatic heterocycles. The van der Waals surface area contributed by atoms with Crippen molar-refractivity contribution in [1.29, 1.82) is 0 Å². The molecule has 2 N–H and O–H groups in total. The summed E-state index contributed by atoms with van der Waals surface area (Å²) in [5.74, 6) is 0.955. The number of rotatable bonds is 3. The van der Waals surface area contributed by atoms with Crippen LogP contribution in [-0.4, -0.2) is 30.1 Å². The number of nitrogen functional groups attached to an aromatic ring is 1. The van der Waals surface area contributed by atoms with Crippen LogP contribution in [0.25, 0.3) is 0 Å². The van der Waals surface area contributed by atoms with Crippen molar-refractivity contribution in [3.05, 3.63) is 24.3 Å². The van der Waals surface area contributed by atoms with Gasteiger partial charge in [-0.25, -0.2) is 0 Å². The normalized spacial score (nSPS) is 25.6. The van der Waals surface area contributed by atoms with Crippen molar-refractivity contribution in [2.24, 2.45) is 0 Å². The van der Waals surface area contributed by atoms with Crippen molar-refractivity contribution in [3.8, 4) is 5.75 Å². The van der Waals surface area contributed by atoms with Crippen LogP contribution in [0.3, 0.4) is 0 Å². The van der Waals surface area contributed by atoms with Gasteiger partial charge in [0.1, 0.15) is 5.75 Å². The van der Waals surface area contributed by atoms with Crippen molar-refractivity contribution in [3.63, 3.8) is 0 Å². The van der Waals surface area contributed by atoms with Crippen molar-refractivity contribution in [1.82, 2.24) is 4.90 Å². The molecular weight excluding hydrogens is 236 g/mol. The number of likely N-dealkylation sites (tertiary alicyclic amines) is 1. The highest BCUT2D eigenvalue weighted by Gasteiger charge is 2.27. The molecule has 1 saturated carbocycles. The van der Waals surface area contributed by atoms with E-state index in [2.05, 4.69) is 4.90 Å². The first-order chi connectivity index (χ1) is 9.31. The molecular formula is C16H24N2O. The first kappa shape index (κ1) is 12.8. The lowest BCUT2D eigenvalue weighted by molar-refractivity contribution is 0.123. The SMILES string of the molecule is Nc1ccc(OC2CCCN(C3CCC3)CC2)cc1. The number of ether oxygens (including phenoxy) is 1. The molecule has 0 amide bonds. The van der Waals surface area contributed by atoms with Gasteiger partial charge in [-0.3, -0.25) is 0 Å². The second-order valence-electron chi connectivity index (χ2n) is 5.86. The first-order valence-electron chi connectivity index (χ1n) is 7.57. The van der Waals surface area contributed by atoms with Crippen LogP contribution in [0, 0.1) is 0 Å². The van der Waals surface area contributed by atoms with Crippen LogP contribution >= 0.6 is 0 Å². The summed E-state index contributed by atoms with van der Waals surface area (Å²) in [5.41, 5.74) is 6.49. The van der Waals surface area contributed by atoms with E-state index in [4.69, 9.17) is 10.5 Å². The summed E-state index contributed by atoms with van der Waals surface area (Å²) >= 11 is 0. The predicted molar refractivity (Wildman–Crippen MR) is 78.3 cm³/mol. The maximum atomic E-state index is 6.09. The molecule has 0 bridgehead atoms. The Bertz CT molecular complexity index is 400. The maximum Gasteiger partial charge on any atom is 0.119 e. The van der Waals surface area contributed by atoms with Crippen LogP contribution in [0.5, 0.6) is 5.75 Å². The standard InChI is InChI=1S/C16H24N2O/c17-13-6-8-16(9-7-13)19-15-5-2-11-18(12-10-15)14-3-1-4-14/h6-9,14-15H,1-5,10-12,17H2. The van der Waals surface area contributed by atoms with E-state index in [1.165, 1.54) is 45.2 Å². The number of nitrogens with zero attached hydrogens (tertiary/aromatic N) is 1. The molecule has 1 aromatic rings. The van der Waals surface area contributed by atoms with Gasteiger partial charge >= 0.3 is 0 Å². The van der Waals surface area contributed by atoms with Gasteiger partial charge in [-0.05, 0) is 62.9 Å². The van der Waals surface area contributed by atoms with Crippen molar-refractivity contribution >= 4 is 5.69 Å². The summed E-state index contributed by atoms with van der Waals surface area (Å²) < 4.78 is 6.09. The maximum absolute atomic E-state index is 6.09.